The maximum Gasteiger partial charge on any atom is 0.324 e. The maximum atomic E-state index is 13.2. The van der Waals surface area contributed by atoms with E-state index in [0.29, 0.717) is 6.42 Å². The van der Waals surface area contributed by atoms with E-state index in [1.807, 2.05) is 13.8 Å². The van der Waals surface area contributed by atoms with Crippen LogP contribution in [0.2, 0.25) is 0 Å². The quantitative estimate of drug-likeness (QED) is 0.765. The molecule has 118 valence electrons. The standard InChI is InChI=1S/C13H22F4N2O/c1-5-8(4)9-11(20)19(10(18-9)7(2)3)6-13(16,17)12(14)15/h7-10,12,18H,5-6H2,1-4H3. The molecule has 3 unspecified atom stereocenters. The molecule has 0 aromatic rings. The summed E-state index contributed by atoms with van der Waals surface area (Å²) in [6, 6.07) is -0.583. The summed E-state index contributed by atoms with van der Waals surface area (Å²) in [6.07, 6.45) is -3.70. The third kappa shape index (κ3) is 3.42. The minimum absolute atomic E-state index is 0.0334. The number of halogens is 4. The van der Waals surface area contributed by atoms with Gasteiger partial charge in [0.15, 0.2) is 0 Å². The second kappa shape index (κ2) is 6.28. The van der Waals surface area contributed by atoms with Gasteiger partial charge in [0, 0.05) is 0 Å². The molecule has 3 atom stereocenters. The van der Waals surface area contributed by atoms with Crippen LogP contribution in [0, 0.1) is 11.8 Å². The van der Waals surface area contributed by atoms with E-state index in [-0.39, 0.29) is 11.8 Å². The summed E-state index contributed by atoms with van der Waals surface area (Å²) in [6.45, 7) is 6.00. The molecule has 1 aliphatic heterocycles. The van der Waals surface area contributed by atoms with Gasteiger partial charge in [-0.15, -0.1) is 0 Å². The molecule has 0 spiro atoms. The Morgan fingerprint density at radius 2 is 1.85 bits per heavy atom. The number of nitrogens with zero attached hydrogens (tertiary/aromatic N) is 1. The van der Waals surface area contributed by atoms with E-state index < -0.39 is 37.0 Å². The van der Waals surface area contributed by atoms with Crippen molar-refractivity contribution < 1.29 is 22.4 Å². The lowest BCUT2D eigenvalue weighted by Crippen LogP contribution is -2.49. The topological polar surface area (TPSA) is 32.3 Å². The van der Waals surface area contributed by atoms with Gasteiger partial charge in [0.05, 0.1) is 18.8 Å². The van der Waals surface area contributed by atoms with Gasteiger partial charge in [-0.1, -0.05) is 34.1 Å². The fraction of sp³-hybridized carbons (Fsp3) is 0.923. The van der Waals surface area contributed by atoms with E-state index in [1.165, 1.54) is 0 Å². The number of hydrogen-bond donors (Lipinski definition) is 1. The lowest BCUT2D eigenvalue weighted by Gasteiger charge is -2.30. The number of carbonyl (C=O) groups is 1. The van der Waals surface area contributed by atoms with Crippen molar-refractivity contribution in [3.05, 3.63) is 0 Å². The lowest BCUT2D eigenvalue weighted by atomic mass is 9.99. The number of hydrogen-bond acceptors (Lipinski definition) is 2. The highest BCUT2D eigenvalue weighted by Crippen LogP contribution is 2.30. The zero-order valence-electron chi connectivity index (χ0n) is 12.2. The van der Waals surface area contributed by atoms with Crippen LogP contribution in [-0.2, 0) is 4.79 Å². The van der Waals surface area contributed by atoms with E-state index in [2.05, 4.69) is 5.32 Å². The van der Waals surface area contributed by atoms with Gasteiger partial charge in [0.2, 0.25) is 5.91 Å². The molecule has 0 aromatic carbocycles. The molecule has 1 N–H and O–H groups in total. The van der Waals surface area contributed by atoms with Crippen LogP contribution in [0.3, 0.4) is 0 Å². The maximum absolute atomic E-state index is 13.2. The summed E-state index contributed by atoms with van der Waals surface area (Å²) in [5.74, 6) is -4.87. The lowest BCUT2D eigenvalue weighted by molar-refractivity contribution is -0.158. The molecule has 0 aromatic heterocycles. The van der Waals surface area contributed by atoms with Gasteiger partial charge in [-0.25, -0.2) is 8.78 Å². The Labute approximate surface area is 116 Å². The molecule has 0 aliphatic carbocycles. The second-order valence-corrected chi connectivity index (χ2v) is 5.75. The number of rotatable bonds is 6. The zero-order valence-corrected chi connectivity index (χ0v) is 12.2. The third-order valence-corrected chi connectivity index (χ3v) is 3.78. The molecule has 1 fully saturated rings. The van der Waals surface area contributed by atoms with Gasteiger partial charge in [-0.05, 0) is 11.8 Å². The molecule has 0 bridgehead atoms. The average Bonchev–Trinajstić information content (AvgIpc) is 2.66. The highest BCUT2D eigenvalue weighted by molar-refractivity contribution is 5.84. The predicted octanol–water partition coefficient (Wildman–Crippen LogP) is 2.72. The summed E-state index contributed by atoms with van der Waals surface area (Å²) < 4.78 is 51.2. The van der Waals surface area contributed by atoms with Crippen molar-refractivity contribution in [2.24, 2.45) is 11.8 Å². The summed E-state index contributed by atoms with van der Waals surface area (Å²) in [5.41, 5.74) is 0. The summed E-state index contributed by atoms with van der Waals surface area (Å²) >= 11 is 0. The SMILES string of the molecule is CCC(C)C1NC(C(C)C)N(CC(F)(F)C(F)F)C1=O. The van der Waals surface area contributed by atoms with Crippen LogP contribution in [0.4, 0.5) is 17.6 Å². The zero-order chi connectivity index (χ0) is 15.7. The van der Waals surface area contributed by atoms with E-state index in [9.17, 15) is 22.4 Å². The van der Waals surface area contributed by atoms with E-state index in [0.717, 1.165) is 4.90 Å². The van der Waals surface area contributed by atoms with E-state index in [1.54, 1.807) is 13.8 Å². The van der Waals surface area contributed by atoms with Crippen LogP contribution in [0.1, 0.15) is 34.1 Å². The van der Waals surface area contributed by atoms with Gasteiger partial charge in [-0.2, -0.15) is 8.78 Å². The van der Waals surface area contributed by atoms with Crippen molar-refractivity contribution in [2.75, 3.05) is 6.54 Å². The van der Waals surface area contributed by atoms with Gasteiger partial charge in [0.1, 0.15) is 0 Å². The normalized spacial score (nSPS) is 25.9. The predicted molar refractivity (Wildman–Crippen MR) is 67.7 cm³/mol. The molecule has 1 amide bonds. The molecule has 0 radical (unpaired) electrons. The van der Waals surface area contributed by atoms with Crippen LogP contribution >= 0.6 is 0 Å². The molecule has 3 nitrogen and oxygen atoms in total. The highest BCUT2D eigenvalue weighted by Gasteiger charge is 2.50. The fourth-order valence-electron chi connectivity index (χ4n) is 2.33. The monoisotopic (exact) mass is 298 g/mol. The van der Waals surface area contributed by atoms with Crippen LogP contribution in [0.15, 0.2) is 0 Å². The van der Waals surface area contributed by atoms with Gasteiger partial charge < -0.3 is 4.90 Å². The minimum Gasteiger partial charge on any atom is -0.319 e. The molecule has 20 heavy (non-hydrogen) atoms. The van der Waals surface area contributed by atoms with Crippen LogP contribution in [-0.4, -0.2) is 41.9 Å². The van der Waals surface area contributed by atoms with E-state index >= 15 is 0 Å². The second-order valence-electron chi connectivity index (χ2n) is 5.75. The Bertz CT molecular complexity index is 349. The van der Waals surface area contributed by atoms with Crippen LogP contribution < -0.4 is 5.32 Å². The first kappa shape index (κ1) is 17.2. The van der Waals surface area contributed by atoms with Gasteiger partial charge >= 0.3 is 12.3 Å². The van der Waals surface area contributed by atoms with Crippen molar-refractivity contribution in [3.8, 4) is 0 Å². The third-order valence-electron chi connectivity index (χ3n) is 3.78. The molecule has 7 heteroatoms. The first-order valence-corrected chi connectivity index (χ1v) is 6.84. The van der Waals surface area contributed by atoms with Gasteiger partial charge in [-0.3, -0.25) is 10.1 Å². The van der Waals surface area contributed by atoms with Gasteiger partial charge in [0.25, 0.3) is 0 Å². The minimum atomic E-state index is -4.19. The largest absolute Gasteiger partial charge is 0.324 e. The summed E-state index contributed by atoms with van der Waals surface area (Å²) in [5, 5.41) is 3.00. The molecule has 1 aliphatic rings. The molecular weight excluding hydrogens is 276 g/mol. The Balaban J connectivity index is 2.93. The Morgan fingerprint density at radius 1 is 1.30 bits per heavy atom. The smallest absolute Gasteiger partial charge is 0.319 e. The van der Waals surface area contributed by atoms with Crippen LogP contribution in [0.5, 0.6) is 0 Å². The molecule has 1 heterocycles. The molecular formula is C13H22F4N2O. The fourth-order valence-corrected chi connectivity index (χ4v) is 2.33. The first-order chi connectivity index (χ1) is 9.11. The number of carbonyl (C=O) groups excluding carboxylic acids is 1. The summed E-state index contributed by atoms with van der Waals surface area (Å²) in [4.78, 5) is 13.1. The molecule has 1 saturated heterocycles. The molecule has 1 rings (SSSR count). The average molecular weight is 298 g/mol. The van der Waals surface area contributed by atoms with Crippen molar-refractivity contribution in [2.45, 2.75) is 58.7 Å². The van der Waals surface area contributed by atoms with Crippen molar-refractivity contribution >= 4 is 5.91 Å². The highest BCUT2D eigenvalue weighted by atomic mass is 19.3. The number of alkyl halides is 4. The Hall–Kier alpha value is -0.850. The van der Waals surface area contributed by atoms with Crippen LogP contribution in [0.25, 0.3) is 0 Å². The number of nitrogens with one attached hydrogen (secondary N) is 1. The first-order valence-electron chi connectivity index (χ1n) is 6.84. The van der Waals surface area contributed by atoms with Crippen molar-refractivity contribution in [3.63, 3.8) is 0 Å². The Kier molecular flexibility index (Phi) is 5.40. The Morgan fingerprint density at radius 3 is 2.25 bits per heavy atom. The van der Waals surface area contributed by atoms with Crippen molar-refractivity contribution in [1.82, 2.24) is 10.2 Å². The van der Waals surface area contributed by atoms with Crippen molar-refractivity contribution in [1.29, 1.82) is 0 Å². The molecule has 0 saturated carbocycles. The summed E-state index contributed by atoms with van der Waals surface area (Å²) in [7, 11) is 0. The van der Waals surface area contributed by atoms with E-state index in [4.69, 9.17) is 0 Å². The number of amides is 1.